The first-order chi connectivity index (χ1) is 4.92. The van der Waals surface area contributed by atoms with Gasteiger partial charge in [0, 0.05) is 0 Å². The molecule has 0 aliphatic rings. The molecule has 2 N–H and O–H groups in total. The average molecular weight is 160 g/mol. The monoisotopic (exact) mass is 160 g/mol. The molecule has 3 heteroatoms. The van der Waals surface area contributed by atoms with E-state index in [0.717, 1.165) is 0 Å². The Morgan fingerprint density at radius 3 is 2.09 bits per heavy atom. The summed E-state index contributed by atoms with van der Waals surface area (Å²) >= 11 is 0. The van der Waals surface area contributed by atoms with Gasteiger partial charge in [0.1, 0.15) is 0 Å². The normalized spacial score (nSPS) is 16.5. The molecule has 0 saturated heterocycles. The van der Waals surface area contributed by atoms with Gasteiger partial charge in [-0.2, -0.15) is 0 Å². The molecule has 0 saturated carbocycles. The molecule has 0 spiro atoms. The Kier molecular flexibility index (Phi) is 3.52. The van der Waals surface area contributed by atoms with Gasteiger partial charge in [-0.15, -0.1) is 0 Å². The Hall–Kier alpha value is -0.570. The fourth-order valence-electron chi connectivity index (χ4n) is 0.999. The second kappa shape index (κ2) is 3.72. The Morgan fingerprint density at radius 2 is 2.00 bits per heavy atom. The predicted molar refractivity (Wildman–Crippen MR) is 42.3 cm³/mol. The van der Waals surface area contributed by atoms with E-state index in [4.69, 9.17) is 5.11 Å². The van der Waals surface area contributed by atoms with Gasteiger partial charge in [0.15, 0.2) is 0 Å². The SMILES string of the molecule is CC[C@](O)(CC(=O)O)C(C)C. The van der Waals surface area contributed by atoms with Crippen LogP contribution in [0.15, 0.2) is 0 Å². The van der Waals surface area contributed by atoms with Gasteiger partial charge in [0.2, 0.25) is 0 Å². The number of aliphatic hydroxyl groups is 1. The molecule has 0 radical (unpaired) electrons. The summed E-state index contributed by atoms with van der Waals surface area (Å²) in [6, 6.07) is 0. The van der Waals surface area contributed by atoms with Crippen LogP contribution in [0.3, 0.4) is 0 Å². The molecule has 0 rings (SSSR count). The van der Waals surface area contributed by atoms with Crippen molar-refractivity contribution in [2.75, 3.05) is 0 Å². The quantitative estimate of drug-likeness (QED) is 0.651. The molecule has 0 bridgehead atoms. The number of rotatable bonds is 4. The van der Waals surface area contributed by atoms with Gasteiger partial charge in [-0.1, -0.05) is 20.8 Å². The lowest BCUT2D eigenvalue weighted by molar-refractivity contribution is -0.144. The highest BCUT2D eigenvalue weighted by molar-refractivity contribution is 5.68. The molecule has 1 atom stereocenters. The number of carboxylic acids is 1. The number of aliphatic carboxylic acids is 1. The summed E-state index contributed by atoms with van der Waals surface area (Å²) in [4.78, 5) is 10.3. The minimum absolute atomic E-state index is 0.0106. The maximum Gasteiger partial charge on any atom is 0.306 e. The van der Waals surface area contributed by atoms with Crippen molar-refractivity contribution >= 4 is 5.97 Å². The zero-order valence-electron chi connectivity index (χ0n) is 7.29. The zero-order chi connectivity index (χ0) is 9.07. The summed E-state index contributed by atoms with van der Waals surface area (Å²) in [5.41, 5.74) is -1.04. The lowest BCUT2D eigenvalue weighted by Crippen LogP contribution is -2.36. The molecule has 11 heavy (non-hydrogen) atoms. The van der Waals surface area contributed by atoms with E-state index in [1.807, 2.05) is 13.8 Å². The van der Waals surface area contributed by atoms with Crippen LogP contribution in [0.2, 0.25) is 0 Å². The molecule has 0 aromatic heterocycles. The zero-order valence-corrected chi connectivity index (χ0v) is 7.29. The number of carbonyl (C=O) groups is 1. The van der Waals surface area contributed by atoms with Crippen LogP contribution in [0.4, 0.5) is 0 Å². The molecular formula is C8H16O3. The van der Waals surface area contributed by atoms with Crippen LogP contribution in [0.25, 0.3) is 0 Å². The van der Waals surface area contributed by atoms with Crippen molar-refractivity contribution in [3.8, 4) is 0 Å². The van der Waals surface area contributed by atoms with E-state index < -0.39 is 11.6 Å². The van der Waals surface area contributed by atoms with Gasteiger partial charge in [-0.25, -0.2) is 0 Å². The van der Waals surface area contributed by atoms with Gasteiger partial charge >= 0.3 is 5.97 Å². The second-order valence-corrected chi connectivity index (χ2v) is 3.18. The molecule has 0 aromatic rings. The Bertz CT molecular complexity index is 142. The average Bonchev–Trinajstić information content (AvgIpc) is 1.86. The molecular weight excluding hydrogens is 144 g/mol. The minimum Gasteiger partial charge on any atom is -0.481 e. The van der Waals surface area contributed by atoms with Crippen molar-refractivity contribution in [2.45, 2.75) is 39.2 Å². The van der Waals surface area contributed by atoms with Gasteiger partial charge < -0.3 is 10.2 Å². The van der Waals surface area contributed by atoms with Crippen molar-refractivity contribution in [1.82, 2.24) is 0 Å². The predicted octanol–water partition coefficient (Wildman–Crippen LogP) is 1.26. The van der Waals surface area contributed by atoms with E-state index in [1.54, 1.807) is 6.92 Å². The minimum atomic E-state index is -1.04. The highest BCUT2D eigenvalue weighted by Gasteiger charge is 2.31. The summed E-state index contributed by atoms with van der Waals surface area (Å²) in [5, 5.41) is 18.2. The topological polar surface area (TPSA) is 57.5 Å². The molecule has 0 fully saturated rings. The molecule has 0 heterocycles. The summed E-state index contributed by atoms with van der Waals surface area (Å²) < 4.78 is 0. The summed E-state index contributed by atoms with van der Waals surface area (Å²) in [6.07, 6.45) is 0.318. The smallest absolute Gasteiger partial charge is 0.306 e. The Balaban J connectivity index is 4.22. The summed E-state index contributed by atoms with van der Waals surface area (Å²) in [6.45, 7) is 5.45. The first-order valence-electron chi connectivity index (χ1n) is 3.86. The highest BCUT2D eigenvalue weighted by atomic mass is 16.4. The molecule has 66 valence electrons. The molecule has 0 aliphatic heterocycles. The van der Waals surface area contributed by atoms with Gasteiger partial charge in [-0.05, 0) is 12.3 Å². The molecule has 3 nitrogen and oxygen atoms in total. The fourth-order valence-corrected chi connectivity index (χ4v) is 0.999. The third-order valence-corrected chi connectivity index (χ3v) is 2.14. The Morgan fingerprint density at radius 1 is 1.55 bits per heavy atom. The number of hydrogen-bond donors (Lipinski definition) is 2. The first-order valence-corrected chi connectivity index (χ1v) is 3.86. The van der Waals surface area contributed by atoms with Gasteiger partial charge in [-0.3, -0.25) is 4.79 Å². The molecule has 0 aliphatic carbocycles. The van der Waals surface area contributed by atoms with Crippen molar-refractivity contribution in [1.29, 1.82) is 0 Å². The van der Waals surface area contributed by atoms with Crippen LogP contribution < -0.4 is 0 Å². The van der Waals surface area contributed by atoms with E-state index in [2.05, 4.69) is 0 Å². The van der Waals surface area contributed by atoms with Gasteiger partial charge in [0.05, 0.1) is 12.0 Å². The third-order valence-electron chi connectivity index (χ3n) is 2.14. The van der Waals surface area contributed by atoms with E-state index in [-0.39, 0.29) is 12.3 Å². The second-order valence-electron chi connectivity index (χ2n) is 3.18. The fraction of sp³-hybridized carbons (Fsp3) is 0.875. The van der Waals surface area contributed by atoms with Crippen LogP contribution in [-0.4, -0.2) is 21.8 Å². The van der Waals surface area contributed by atoms with E-state index in [0.29, 0.717) is 6.42 Å². The number of hydrogen-bond acceptors (Lipinski definition) is 2. The van der Waals surface area contributed by atoms with E-state index >= 15 is 0 Å². The lowest BCUT2D eigenvalue weighted by Gasteiger charge is -2.29. The van der Waals surface area contributed by atoms with Crippen LogP contribution in [0.1, 0.15) is 33.6 Å². The van der Waals surface area contributed by atoms with Crippen molar-refractivity contribution in [2.24, 2.45) is 5.92 Å². The molecule has 0 amide bonds. The van der Waals surface area contributed by atoms with E-state index in [9.17, 15) is 9.90 Å². The van der Waals surface area contributed by atoms with Crippen molar-refractivity contribution in [3.05, 3.63) is 0 Å². The van der Waals surface area contributed by atoms with Crippen molar-refractivity contribution in [3.63, 3.8) is 0 Å². The van der Waals surface area contributed by atoms with Crippen LogP contribution in [0.5, 0.6) is 0 Å². The maximum absolute atomic E-state index is 10.3. The maximum atomic E-state index is 10.3. The van der Waals surface area contributed by atoms with Gasteiger partial charge in [0.25, 0.3) is 0 Å². The number of carboxylic acid groups (broad SMARTS) is 1. The third kappa shape index (κ3) is 2.89. The largest absolute Gasteiger partial charge is 0.481 e. The highest BCUT2D eigenvalue weighted by Crippen LogP contribution is 2.24. The van der Waals surface area contributed by atoms with Crippen LogP contribution >= 0.6 is 0 Å². The standard InChI is InChI=1S/C8H16O3/c1-4-8(11,6(2)3)5-7(9)10/h6,11H,4-5H2,1-3H3,(H,9,10)/t8-/m0/s1. The van der Waals surface area contributed by atoms with Crippen LogP contribution in [0, 0.1) is 5.92 Å². The first kappa shape index (κ1) is 10.4. The summed E-state index contributed by atoms with van der Waals surface area (Å²) in [5.74, 6) is -0.952. The molecule has 0 unspecified atom stereocenters. The Labute approximate surface area is 67.0 Å². The lowest BCUT2D eigenvalue weighted by atomic mass is 9.85. The molecule has 0 aromatic carbocycles. The van der Waals surface area contributed by atoms with Crippen molar-refractivity contribution < 1.29 is 15.0 Å². The van der Waals surface area contributed by atoms with Crippen LogP contribution in [-0.2, 0) is 4.79 Å². The van der Waals surface area contributed by atoms with E-state index in [1.165, 1.54) is 0 Å². The summed E-state index contributed by atoms with van der Waals surface area (Å²) in [7, 11) is 0.